The summed E-state index contributed by atoms with van der Waals surface area (Å²) in [7, 11) is 0. The minimum atomic E-state index is -0.761. The lowest BCUT2D eigenvalue weighted by Crippen LogP contribution is -2.30. The summed E-state index contributed by atoms with van der Waals surface area (Å²) in [5, 5.41) is 0. The van der Waals surface area contributed by atoms with Gasteiger partial charge in [-0.15, -0.1) is 0 Å². The van der Waals surface area contributed by atoms with E-state index in [1.54, 1.807) is 0 Å². The second kappa shape index (κ2) is 44.0. The van der Waals surface area contributed by atoms with Gasteiger partial charge in [-0.3, -0.25) is 14.4 Å². The molecular formula is C51H98O6. The Kier molecular flexibility index (Phi) is 42.7. The Morgan fingerprint density at radius 3 is 0.860 bits per heavy atom. The van der Waals surface area contributed by atoms with Crippen LogP contribution < -0.4 is 0 Å². The first-order chi connectivity index (χ1) is 27.7. The minimum Gasteiger partial charge on any atom is -0.462 e. The highest BCUT2D eigenvalue weighted by Crippen LogP contribution is 2.17. The molecule has 0 saturated carbocycles. The topological polar surface area (TPSA) is 78.9 Å². The predicted molar refractivity (Wildman–Crippen MR) is 243 cm³/mol. The molecule has 6 nitrogen and oxygen atoms in total. The van der Waals surface area contributed by atoms with Crippen LogP contribution in [0.1, 0.15) is 279 Å². The van der Waals surface area contributed by atoms with E-state index in [0.29, 0.717) is 19.3 Å². The molecule has 0 aromatic carbocycles. The molecule has 0 aliphatic rings. The van der Waals surface area contributed by atoms with Crippen molar-refractivity contribution < 1.29 is 28.6 Å². The molecule has 0 unspecified atom stereocenters. The summed E-state index contributed by atoms with van der Waals surface area (Å²) in [6, 6.07) is 0. The van der Waals surface area contributed by atoms with Gasteiger partial charge in [-0.25, -0.2) is 0 Å². The van der Waals surface area contributed by atoms with Crippen LogP contribution in [-0.2, 0) is 28.6 Å². The van der Waals surface area contributed by atoms with Gasteiger partial charge in [0.05, 0.1) is 0 Å². The summed E-state index contributed by atoms with van der Waals surface area (Å²) in [5.41, 5.74) is 0. The van der Waals surface area contributed by atoms with Crippen molar-refractivity contribution in [3.05, 3.63) is 0 Å². The summed E-state index contributed by atoms with van der Waals surface area (Å²) in [6.45, 7) is 11.3. The molecule has 0 bridgehead atoms. The van der Waals surface area contributed by atoms with Gasteiger partial charge in [-0.05, 0) is 31.1 Å². The summed E-state index contributed by atoms with van der Waals surface area (Å²) >= 11 is 0. The Morgan fingerprint density at radius 1 is 0.333 bits per heavy atom. The maximum atomic E-state index is 12.8. The van der Waals surface area contributed by atoms with Gasteiger partial charge in [0.15, 0.2) is 6.10 Å². The van der Waals surface area contributed by atoms with E-state index >= 15 is 0 Å². The highest BCUT2D eigenvalue weighted by atomic mass is 16.6. The standard InChI is InChI=1S/C51H98O6/c1-6-7-8-9-10-11-12-18-21-26-31-36-41-49(52)55-44-48(45-56-50(53)42-37-32-28-23-25-30-35-40-47(4)5)57-51(54)43-38-33-27-22-19-16-14-13-15-17-20-24-29-34-39-46(2)3/h46-48H,6-45H2,1-5H3/t48-/m0/s1. The fraction of sp³-hybridized carbons (Fsp3) is 0.941. The zero-order valence-electron chi connectivity index (χ0n) is 39.0. The highest BCUT2D eigenvalue weighted by Gasteiger charge is 2.19. The van der Waals surface area contributed by atoms with Gasteiger partial charge in [0, 0.05) is 19.3 Å². The first-order valence-electron chi connectivity index (χ1n) is 25.2. The number of hydrogen-bond donors (Lipinski definition) is 0. The van der Waals surface area contributed by atoms with Crippen LogP contribution in [0.15, 0.2) is 0 Å². The van der Waals surface area contributed by atoms with E-state index < -0.39 is 6.10 Å². The molecule has 0 fully saturated rings. The lowest BCUT2D eigenvalue weighted by atomic mass is 10.0. The number of hydrogen-bond acceptors (Lipinski definition) is 6. The Balaban J connectivity index is 4.29. The predicted octanol–water partition coefficient (Wildman–Crippen LogP) is 16.1. The molecule has 57 heavy (non-hydrogen) atoms. The third kappa shape index (κ3) is 45.3. The van der Waals surface area contributed by atoms with Gasteiger partial charge in [0.25, 0.3) is 0 Å². The molecule has 0 spiro atoms. The van der Waals surface area contributed by atoms with Gasteiger partial charge >= 0.3 is 17.9 Å². The first-order valence-corrected chi connectivity index (χ1v) is 25.2. The Bertz CT molecular complexity index is 870. The second-order valence-corrected chi connectivity index (χ2v) is 18.4. The Hall–Kier alpha value is -1.59. The van der Waals surface area contributed by atoms with Crippen molar-refractivity contribution in [1.29, 1.82) is 0 Å². The van der Waals surface area contributed by atoms with Crippen molar-refractivity contribution >= 4 is 17.9 Å². The molecular weight excluding hydrogens is 709 g/mol. The van der Waals surface area contributed by atoms with Crippen molar-refractivity contribution in [2.45, 2.75) is 285 Å². The van der Waals surface area contributed by atoms with Crippen molar-refractivity contribution in [3.63, 3.8) is 0 Å². The van der Waals surface area contributed by atoms with Crippen LogP contribution in [0.3, 0.4) is 0 Å². The summed E-state index contributed by atoms with van der Waals surface area (Å²) in [4.78, 5) is 37.8. The number of esters is 3. The van der Waals surface area contributed by atoms with Crippen LogP contribution in [0.2, 0.25) is 0 Å². The minimum absolute atomic E-state index is 0.0643. The van der Waals surface area contributed by atoms with Crippen molar-refractivity contribution in [1.82, 2.24) is 0 Å². The van der Waals surface area contributed by atoms with Crippen LogP contribution in [0, 0.1) is 11.8 Å². The third-order valence-electron chi connectivity index (χ3n) is 11.5. The first kappa shape index (κ1) is 55.4. The van der Waals surface area contributed by atoms with E-state index in [0.717, 1.165) is 69.6 Å². The van der Waals surface area contributed by atoms with Gasteiger partial charge in [0.1, 0.15) is 13.2 Å². The van der Waals surface area contributed by atoms with Gasteiger partial charge < -0.3 is 14.2 Å². The monoisotopic (exact) mass is 807 g/mol. The summed E-state index contributed by atoms with van der Waals surface area (Å²) in [6.07, 6.45) is 43.8. The maximum absolute atomic E-state index is 12.8. The quantitative estimate of drug-likeness (QED) is 0.0346. The van der Waals surface area contributed by atoms with Crippen LogP contribution in [0.4, 0.5) is 0 Å². The molecule has 0 N–H and O–H groups in total. The van der Waals surface area contributed by atoms with Gasteiger partial charge in [-0.2, -0.15) is 0 Å². The molecule has 338 valence electrons. The lowest BCUT2D eigenvalue weighted by Gasteiger charge is -2.18. The number of ether oxygens (including phenoxy) is 3. The van der Waals surface area contributed by atoms with Crippen LogP contribution >= 0.6 is 0 Å². The molecule has 0 aromatic heterocycles. The van der Waals surface area contributed by atoms with E-state index in [-0.39, 0.29) is 31.1 Å². The van der Waals surface area contributed by atoms with E-state index in [4.69, 9.17) is 14.2 Å². The van der Waals surface area contributed by atoms with Crippen molar-refractivity contribution in [2.75, 3.05) is 13.2 Å². The number of carbonyl (C=O) groups is 3. The second-order valence-electron chi connectivity index (χ2n) is 18.4. The SMILES string of the molecule is CCCCCCCCCCCCCCC(=O)OC[C@@H](COC(=O)CCCCCCCCCC(C)C)OC(=O)CCCCCCCCCCCCCCCCC(C)C. The number of carbonyl (C=O) groups excluding carboxylic acids is 3. The molecule has 0 aliphatic heterocycles. The summed E-state index contributed by atoms with van der Waals surface area (Å²) < 4.78 is 16.8. The van der Waals surface area contributed by atoms with E-state index in [9.17, 15) is 14.4 Å². The zero-order valence-corrected chi connectivity index (χ0v) is 39.0. The Labute approximate surface area is 355 Å². The largest absolute Gasteiger partial charge is 0.462 e. The Morgan fingerprint density at radius 2 is 0.579 bits per heavy atom. The maximum Gasteiger partial charge on any atom is 0.306 e. The molecule has 0 amide bonds. The molecule has 0 radical (unpaired) electrons. The average molecular weight is 807 g/mol. The van der Waals surface area contributed by atoms with Crippen LogP contribution in [0.25, 0.3) is 0 Å². The molecule has 0 heterocycles. The number of rotatable bonds is 45. The van der Waals surface area contributed by atoms with Gasteiger partial charge in [0.2, 0.25) is 0 Å². The molecule has 0 saturated heterocycles. The molecule has 0 aliphatic carbocycles. The van der Waals surface area contributed by atoms with Crippen molar-refractivity contribution in [3.8, 4) is 0 Å². The van der Waals surface area contributed by atoms with Gasteiger partial charge in [-0.1, -0.05) is 240 Å². The van der Waals surface area contributed by atoms with Crippen molar-refractivity contribution in [2.24, 2.45) is 11.8 Å². The fourth-order valence-corrected chi connectivity index (χ4v) is 7.64. The van der Waals surface area contributed by atoms with Crippen LogP contribution in [-0.4, -0.2) is 37.2 Å². The van der Waals surface area contributed by atoms with E-state index in [1.807, 2.05) is 0 Å². The summed E-state index contributed by atoms with van der Waals surface area (Å²) in [5.74, 6) is 0.772. The van der Waals surface area contributed by atoms with E-state index in [2.05, 4.69) is 34.6 Å². The normalized spacial score (nSPS) is 12.1. The molecule has 0 aromatic rings. The molecule has 1 atom stereocenters. The smallest absolute Gasteiger partial charge is 0.306 e. The molecule has 0 rings (SSSR count). The average Bonchev–Trinajstić information content (AvgIpc) is 3.18. The lowest BCUT2D eigenvalue weighted by molar-refractivity contribution is -0.167. The zero-order chi connectivity index (χ0) is 41.9. The fourth-order valence-electron chi connectivity index (χ4n) is 7.64. The third-order valence-corrected chi connectivity index (χ3v) is 11.5. The van der Waals surface area contributed by atoms with Crippen LogP contribution in [0.5, 0.6) is 0 Å². The molecule has 6 heteroatoms. The van der Waals surface area contributed by atoms with E-state index in [1.165, 1.54) is 167 Å². The highest BCUT2D eigenvalue weighted by molar-refractivity contribution is 5.71. The number of unbranched alkanes of at least 4 members (excludes halogenated alkanes) is 30.